The van der Waals surface area contributed by atoms with E-state index >= 15 is 0 Å². The highest BCUT2D eigenvalue weighted by Crippen LogP contribution is 2.30. The third-order valence-electron chi connectivity index (χ3n) is 3.56. The number of aromatic nitrogens is 2. The fourth-order valence-electron chi connectivity index (χ4n) is 2.50. The van der Waals surface area contributed by atoms with Crippen molar-refractivity contribution in [1.29, 1.82) is 0 Å². The van der Waals surface area contributed by atoms with Crippen LogP contribution < -0.4 is 5.32 Å². The van der Waals surface area contributed by atoms with Gasteiger partial charge in [-0.15, -0.1) is 0 Å². The molecule has 2 rings (SSSR count). The van der Waals surface area contributed by atoms with Gasteiger partial charge in [0.25, 0.3) is 0 Å². The zero-order chi connectivity index (χ0) is 15.4. The third-order valence-corrected chi connectivity index (χ3v) is 4.79. The van der Waals surface area contributed by atoms with E-state index in [-0.39, 0.29) is 6.04 Å². The highest BCUT2D eigenvalue weighted by atomic mass is 79.9. The van der Waals surface area contributed by atoms with Crippen molar-refractivity contribution in [3.63, 3.8) is 0 Å². The van der Waals surface area contributed by atoms with Crippen LogP contribution >= 0.6 is 27.5 Å². The van der Waals surface area contributed by atoms with Crippen molar-refractivity contribution in [3.8, 4) is 0 Å². The first-order chi connectivity index (χ1) is 10.1. The number of hydrogen-bond donors (Lipinski definition) is 1. The fourth-order valence-corrected chi connectivity index (χ4v) is 3.47. The Labute approximate surface area is 139 Å². The number of nitrogens with one attached hydrogen (secondary N) is 1. The van der Waals surface area contributed by atoms with Gasteiger partial charge in [-0.05, 0) is 53.5 Å². The van der Waals surface area contributed by atoms with E-state index in [1.807, 2.05) is 6.07 Å². The molecule has 0 radical (unpaired) electrons. The normalized spacial score (nSPS) is 12.8. The summed E-state index contributed by atoms with van der Waals surface area (Å²) < 4.78 is 8.40. The Bertz CT molecular complexity index is 594. The van der Waals surface area contributed by atoms with Gasteiger partial charge in [-0.2, -0.15) is 5.10 Å². The molecule has 0 saturated carbocycles. The minimum atomic E-state index is 0.115. The first-order valence-corrected chi connectivity index (χ1v) is 8.49. The van der Waals surface area contributed by atoms with Gasteiger partial charge in [-0.1, -0.05) is 13.8 Å². The summed E-state index contributed by atoms with van der Waals surface area (Å²) >= 11 is 9.84. The SMILES string of the molecule is CCNC(Cc1c(Br)c(CC)nn1CC)c1ccoc1Cl. The molecule has 4 nitrogen and oxygen atoms in total. The minimum Gasteiger partial charge on any atom is -0.453 e. The molecule has 0 aromatic carbocycles. The second-order valence-corrected chi connectivity index (χ2v) is 5.98. The maximum absolute atomic E-state index is 6.14. The summed E-state index contributed by atoms with van der Waals surface area (Å²) in [5, 5.41) is 8.58. The minimum absolute atomic E-state index is 0.115. The van der Waals surface area contributed by atoms with E-state index in [2.05, 4.69) is 51.8 Å². The summed E-state index contributed by atoms with van der Waals surface area (Å²) in [6.07, 6.45) is 3.36. The number of halogens is 2. The molecule has 21 heavy (non-hydrogen) atoms. The Balaban J connectivity index is 2.33. The van der Waals surface area contributed by atoms with Crippen molar-refractivity contribution >= 4 is 27.5 Å². The summed E-state index contributed by atoms with van der Waals surface area (Å²) in [6, 6.07) is 2.04. The van der Waals surface area contributed by atoms with Crippen LogP contribution in [0.25, 0.3) is 0 Å². The molecular formula is C15H21BrClN3O. The second kappa shape index (κ2) is 7.47. The van der Waals surface area contributed by atoms with Crippen LogP contribution in [-0.2, 0) is 19.4 Å². The van der Waals surface area contributed by atoms with Crippen LogP contribution in [0, 0.1) is 0 Å². The smallest absolute Gasteiger partial charge is 0.197 e. The lowest BCUT2D eigenvalue weighted by Crippen LogP contribution is -2.24. The highest BCUT2D eigenvalue weighted by Gasteiger charge is 2.22. The Kier molecular flexibility index (Phi) is 5.90. The van der Waals surface area contributed by atoms with E-state index < -0.39 is 0 Å². The predicted octanol–water partition coefficient (Wildman–Crippen LogP) is 4.37. The summed E-state index contributed by atoms with van der Waals surface area (Å²) in [5.74, 6) is 0. The Hall–Kier alpha value is -0.780. The molecule has 116 valence electrons. The second-order valence-electron chi connectivity index (χ2n) is 4.84. The van der Waals surface area contributed by atoms with Gasteiger partial charge in [-0.3, -0.25) is 4.68 Å². The van der Waals surface area contributed by atoms with Gasteiger partial charge in [-0.25, -0.2) is 0 Å². The lowest BCUT2D eigenvalue weighted by molar-refractivity contribution is 0.503. The highest BCUT2D eigenvalue weighted by molar-refractivity contribution is 9.10. The van der Waals surface area contributed by atoms with Crippen molar-refractivity contribution < 1.29 is 4.42 Å². The van der Waals surface area contributed by atoms with Gasteiger partial charge in [0, 0.05) is 24.6 Å². The third kappa shape index (κ3) is 3.52. The molecule has 2 aromatic rings. The summed E-state index contributed by atoms with van der Waals surface area (Å²) in [6.45, 7) is 8.03. The zero-order valence-corrected chi connectivity index (χ0v) is 15.0. The number of rotatable bonds is 7. The molecule has 0 bridgehead atoms. The average Bonchev–Trinajstić information content (AvgIpc) is 3.03. The van der Waals surface area contributed by atoms with E-state index in [1.165, 1.54) is 5.69 Å². The van der Waals surface area contributed by atoms with Crippen LogP contribution in [-0.4, -0.2) is 16.3 Å². The number of hydrogen-bond acceptors (Lipinski definition) is 3. The topological polar surface area (TPSA) is 43.0 Å². The zero-order valence-electron chi connectivity index (χ0n) is 12.6. The number of aryl methyl sites for hydroxylation is 2. The molecule has 2 aromatic heterocycles. The van der Waals surface area contributed by atoms with Gasteiger partial charge >= 0.3 is 0 Å². The lowest BCUT2D eigenvalue weighted by Gasteiger charge is -2.18. The van der Waals surface area contributed by atoms with E-state index in [4.69, 9.17) is 16.0 Å². The first-order valence-electron chi connectivity index (χ1n) is 7.32. The average molecular weight is 375 g/mol. The molecule has 0 fully saturated rings. The molecule has 2 heterocycles. The van der Waals surface area contributed by atoms with E-state index in [1.54, 1.807) is 6.26 Å². The van der Waals surface area contributed by atoms with Gasteiger partial charge in [0.05, 0.1) is 22.1 Å². The van der Waals surface area contributed by atoms with E-state index in [0.29, 0.717) is 5.22 Å². The van der Waals surface area contributed by atoms with E-state index in [9.17, 15) is 0 Å². The maximum atomic E-state index is 6.14. The number of likely N-dealkylation sites (N-methyl/N-ethyl adjacent to an activating group) is 1. The Morgan fingerprint density at radius 2 is 2.19 bits per heavy atom. The van der Waals surface area contributed by atoms with Crippen molar-refractivity contribution in [1.82, 2.24) is 15.1 Å². The fraction of sp³-hybridized carbons (Fsp3) is 0.533. The quantitative estimate of drug-likeness (QED) is 0.782. The first kappa shape index (κ1) is 16.6. The molecule has 0 aliphatic heterocycles. The molecule has 0 spiro atoms. The van der Waals surface area contributed by atoms with Gasteiger partial charge in [0.15, 0.2) is 5.22 Å². The Morgan fingerprint density at radius 3 is 2.71 bits per heavy atom. The molecule has 1 unspecified atom stereocenters. The number of furan rings is 1. The number of nitrogens with zero attached hydrogens (tertiary/aromatic N) is 2. The van der Waals surface area contributed by atoms with Crippen molar-refractivity contribution in [2.75, 3.05) is 6.54 Å². The van der Waals surface area contributed by atoms with Crippen LogP contribution in [0.3, 0.4) is 0 Å². The molecule has 1 atom stereocenters. The molecule has 0 saturated heterocycles. The largest absolute Gasteiger partial charge is 0.453 e. The standard InChI is InChI=1S/C15H21BrClN3O/c1-4-11-14(16)13(20(6-3)19-11)9-12(18-5-2)10-7-8-21-15(10)17/h7-8,12,18H,4-6,9H2,1-3H3. The van der Waals surface area contributed by atoms with Crippen LogP contribution in [0.1, 0.15) is 43.8 Å². The van der Waals surface area contributed by atoms with Gasteiger partial charge in [0.1, 0.15) is 0 Å². The van der Waals surface area contributed by atoms with Crippen molar-refractivity contribution in [2.45, 2.75) is 46.2 Å². The van der Waals surface area contributed by atoms with Crippen LogP contribution in [0.15, 0.2) is 21.2 Å². The van der Waals surface area contributed by atoms with Crippen LogP contribution in [0.2, 0.25) is 5.22 Å². The van der Waals surface area contributed by atoms with Crippen molar-refractivity contribution in [2.24, 2.45) is 0 Å². The van der Waals surface area contributed by atoms with Gasteiger partial charge in [0.2, 0.25) is 0 Å². The van der Waals surface area contributed by atoms with Crippen LogP contribution in [0.5, 0.6) is 0 Å². The molecule has 0 aliphatic carbocycles. The summed E-state index contributed by atoms with van der Waals surface area (Å²) in [7, 11) is 0. The molecule has 0 amide bonds. The van der Waals surface area contributed by atoms with Gasteiger partial charge < -0.3 is 9.73 Å². The predicted molar refractivity (Wildman–Crippen MR) is 88.8 cm³/mol. The van der Waals surface area contributed by atoms with Crippen LogP contribution in [0.4, 0.5) is 0 Å². The lowest BCUT2D eigenvalue weighted by atomic mass is 10.0. The van der Waals surface area contributed by atoms with E-state index in [0.717, 1.165) is 41.7 Å². The summed E-state index contributed by atoms with van der Waals surface area (Å²) in [4.78, 5) is 0. The maximum Gasteiger partial charge on any atom is 0.197 e. The Morgan fingerprint density at radius 1 is 1.43 bits per heavy atom. The monoisotopic (exact) mass is 373 g/mol. The molecule has 6 heteroatoms. The molecule has 1 N–H and O–H groups in total. The molecular weight excluding hydrogens is 354 g/mol. The molecule has 0 aliphatic rings. The van der Waals surface area contributed by atoms with Crippen molar-refractivity contribution in [3.05, 3.63) is 39.0 Å². The summed E-state index contributed by atoms with van der Waals surface area (Å²) in [5.41, 5.74) is 3.28.